The molecule has 0 bridgehead atoms. The Kier molecular flexibility index (Phi) is 4.55. The van der Waals surface area contributed by atoms with E-state index in [1.807, 2.05) is 24.3 Å². The molecule has 98 valence electrons. The zero-order valence-electron chi connectivity index (χ0n) is 10.2. The molecule has 0 aromatic heterocycles. The van der Waals surface area contributed by atoms with Gasteiger partial charge in [-0.15, -0.1) is 0 Å². The van der Waals surface area contributed by atoms with E-state index in [9.17, 15) is 4.79 Å². The predicted molar refractivity (Wildman–Crippen MR) is 68.2 cm³/mol. The number of carbonyl (C=O) groups is 1. The maximum Gasteiger partial charge on any atom is 0.411 e. The lowest BCUT2D eigenvalue weighted by Crippen LogP contribution is -2.19. The van der Waals surface area contributed by atoms with Crippen molar-refractivity contribution >= 4 is 11.8 Å². The van der Waals surface area contributed by atoms with Crippen LogP contribution in [-0.4, -0.2) is 25.9 Å². The van der Waals surface area contributed by atoms with Crippen LogP contribution in [0.5, 0.6) is 0 Å². The first-order chi connectivity index (χ1) is 8.78. The number of ether oxygens (including phenoxy) is 2. The Morgan fingerprint density at radius 3 is 2.83 bits per heavy atom. The minimum absolute atomic E-state index is 0.329. The van der Waals surface area contributed by atoms with Crippen LogP contribution in [0.25, 0.3) is 0 Å². The maximum atomic E-state index is 11.5. The number of hydrogen-bond acceptors (Lipinski definition) is 4. The quantitative estimate of drug-likeness (QED) is 0.853. The van der Waals surface area contributed by atoms with E-state index in [2.05, 4.69) is 5.32 Å². The summed E-state index contributed by atoms with van der Waals surface area (Å²) < 4.78 is 10.3. The zero-order chi connectivity index (χ0) is 12.8. The molecule has 5 nitrogen and oxygen atoms in total. The Labute approximate surface area is 106 Å². The fraction of sp³-hybridized carbons (Fsp3) is 0.462. The van der Waals surface area contributed by atoms with Crippen molar-refractivity contribution in [1.82, 2.24) is 0 Å². The number of anilines is 1. The van der Waals surface area contributed by atoms with Gasteiger partial charge in [0.1, 0.15) is 0 Å². The summed E-state index contributed by atoms with van der Waals surface area (Å²) in [4.78, 5) is 11.5. The van der Waals surface area contributed by atoms with Crippen LogP contribution in [-0.2, 0) is 16.0 Å². The number of nitrogens with two attached hydrogens (primary N) is 1. The van der Waals surface area contributed by atoms with Crippen molar-refractivity contribution in [1.29, 1.82) is 0 Å². The van der Waals surface area contributed by atoms with Crippen LogP contribution < -0.4 is 11.1 Å². The molecule has 1 amide bonds. The third kappa shape index (κ3) is 3.72. The van der Waals surface area contributed by atoms with Crippen LogP contribution in [0.2, 0.25) is 0 Å². The highest BCUT2D eigenvalue weighted by atomic mass is 16.6. The van der Waals surface area contributed by atoms with Gasteiger partial charge in [0.15, 0.2) is 0 Å². The molecule has 2 rings (SSSR count). The minimum Gasteiger partial charge on any atom is -0.449 e. The van der Waals surface area contributed by atoms with Crippen molar-refractivity contribution in [3.8, 4) is 0 Å². The van der Waals surface area contributed by atoms with E-state index in [0.717, 1.165) is 18.6 Å². The van der Waals surface area contributed by atoms with E-state index < -0.39 is 6.09 Å². The molecule has 0 aliphatic carbocycles. The number of rotatable bonds is 4. The first kappa shape index (κ1) is 12.9. The van der Waals surface area contributed by atoms with E-state index in [1.54, 1.807) is 0 Å². The lowest BCUT2D eigenvalue weighted by atomic mass is 10.1. The summed E-state index contributed by atoms with van der Waals surface area (Å²) in [6.45, 7) is 2.34. The molecule has 0 radical (unpaired) electrons. The van der Waals surface area contributed by atoms with Gasteiger partial charge in [0.2, 0.25) is 0 Å². The van der Waals surface area contributed by atoms with Gasteiger partial charge in [-0.3, -0.25) is 5.32 Å². The summed E-state index contributed by atoms with van der Waals surface area (Å²) in [5.41, 5.74) is 7.23. The molecule has 1 heterocycles. The second-order valence-corrected chi connectivity index (χ2v) is 4.35. The van der Waals surface area contributed by atoms with Crippen molar-refractivity contribution < 1.29 is 14.3 Å². The van der Waals surface area contributed by atoms with E-state index in [1.165, 1.54) is 0 Å². The highest BCUT2D eigenvalue weighted by molar-refractivity contribution is 5.84. The van der Waals surface area contributed by atoms with Crippen LogP contribution in [0.1, 0.15) is 12.0 Å². The van der Waals surface area contributed by atoms with Crippen LogP contribution in [0.3, 0.4) is 0 Å². The molecule has 0 saturated carbocycles. The van der Waals surface area contributed by atoms with Gasteiger partial charge >= 0.3 is 6.09 Å². The molecule has 1 unspecified atom stereocenters. The third-order valence-corrected chi connectivity index (χ3v) is 2.91. The minimum atomic E-state index is -0.428. The molecule has 3 N–H and O–H groups in total. The smallest absolute Gasteiger partial charge is 0.411 e. The van der Waals surface area contributed by atoms with Crippen LogP contribution in [0, 0.1) is 5.92 Å². The van der Waals surface area contributed by atoms with Gasteiger partial charge in [0.05, 0.1) is 13.2 Å². The van der Waals surface area contributed by atoms with Crippen LogP contribution >= 0.6 is 0 Å². The molecule has 1 aromatic rings. The number of amides is 1. The van der Waals surface area contributed by atoms with E-state index in [-0.39, 0.29) is 0 Å². The van der Waals surface area contributed by atoms with Gasteiger partial charge in [-0.2, -0.15) is 0 Å². The summed E-state index contributed by atoms with van der Waals surface area (Å²) in [7, 11) is 0. The number of benzene rings is 1. The maximum absolute atomic E-state index is 11.5. The van der Waals surface area contributed by atoms with Crippen molar-refractivity contribution in [2.45, 2.75) is 13.0 Å². The Hall–Kier alpha value is -1.59. The van der Waals surface area contributed by atoms with Crippen molar-refractivity contribution in [2.75, 3.05) is 25.1 Å². The highest BCUT2D eigenvalue weighted by Gasteiger charge is 2.17. The van der Waals surface area contributed by atoms with Crippen molar-refractivity contribution in [2.24, 2.45) is 11.7 Å². The summed E-state index contributed by atoms with van der Waals surface area (Å²) in [5, 5.41) is 2.67. The van der Waals surface area contributed by atoms with Gasteiger partial charge in [-0.1, -0.05) is 12.1 Å². The molecular weight excluding hydrogens is 232 g/mol. The lowest BCUT2D eigenvalue weighted by molar-refractivity contribution is 0.127. The summed E-state index contributed by atoms with van der Waals surface area (Å²) in [6, 6.07) is 7.37. The third-order valence-electron chi connectivity index (χ3n) is 2.91. The SMILES string of the molecule is NCc1ccc(NC(=O)OCC2CCOC2)cc1. The number of carbonyl (C=O) groups excluding carboxylic acids is 1. The van der Waals surface area contributed by atoms with Gasteiger partial charge in [-0.05, 0) is 24.1 Å². The normalized spacial score (nSPS) is 18.6. The van der Waals surface area contributed by atoms with Crippen molar-refractivity contribution in [3.05, 3.63) is 29.8 Å². The molecule has 0 spiro atoms. The van der Waals surface area contributed by atoms with Gasteiger partial charge < -0.3 is 15.2 Å². The number of nitrogens with one attached hydrogen (secondary N) is 1. The molecule has 1 fully saturated rings. The average molecular weight is 250 g/mol. The molecule has 5 heteroatoms. The Balaban J connectivity index is 1.75. The zero-order valence-corrected chi connectivity index (χ0v) is 10.2. The van der Waals surface area contributed by atoms with Gasteiger partial charge in [0, 0.05) is 24.8 Å². The monoisotopic (exact) mass is 250 g/mol. The molecule has 1 atom stereocenters. The average Bonchev–Trinajstić information content (AvgIpc) is 2.90. The molecule has 1 aliphatic rings. The molecular formula is C13H18N2O3. The Bertz CT molecular complexity index is 386. The number of hydrogen-bond donors (Lipinski definition) is 2. The summed E-state index contributed by atoms with van der Waals surface area (Å²) >= 11 is 0. The fourth-order valence-corrected chi connectivity index (χ4v) is 1.79. The Morgan fingerprint density at radius 2 is 2.22 bits per heavy atom. The Morgan fingerprint density at radius 1 is 1.44 bits per heavy atom. The van der Waals surface area contributed by atoms with Gasteiger partial charge in [-0.25, -0.2) is 4.79 Å². The summed E-state index contributed by atoms with van der Waals surface area (Å²) in [6.07, 6.45) is 0.528. The van der Waals surface area contributed by atoms with Crippen LogP contribution in [0.4, 0.5) is 10.5 Å². The first-order valence-corrected chi connectivity index (χ1v) is 6.08. The van der Waals surface area contributed by atoms with Crippen LogP contribution in [0.15, 0.2) is 24.3 Å². The second kappa shape index (κ2) is 6.37. The largest absolute Gasteiger partial charge is 0.449 e. The highest BCUT2D eigenvalue weighted by Crippen LogP contribution is 2.13. The predicted octanol–water partition coefficient (Wildman–Crippen LogP) is 1.73. The second-order valence-electron chi connectivity index (χ2n) is 4.35. The first-order valence-electron chi connectivity index (χ1n) is 6.08. The van der Waals surface area contributed by atoms with Gasteiger partial charge in [0.25, 0.3) is 0 Å². The molecule has 1 aromatic carbocycles. The molecule has 18 heavy (non-hydrogen) atoms. The standard InChI is InChI=1S/C13H18N2O3/c14-7-10-1-3-12(4-2-10)15-13(16)18-9-11-5-6-17-8-11/h1-4,11H,5-9,14H2,(H,15,16). The summed E-state index contributed by atoms with van der Waals surface area (Å²) in [5.74, 6) is 0.329. The van der Waals surface area contributed by atoms with Crippen molar-refractivity contribution in [3.63, 3.8) is 0 Å². The molecule has 1 aliphatic heterocycles. The van der Waals surface area contributed by atoms with E-state index >= 15 is 0 Å². The lowest BCUT2D eigenvalue weighted by Gasteiger charge is -2.10. The molecule has 1 saturated heterocycles. The van der Waals surface area contributed by atoms with E-state index in [0.29, 0.717) is 31.4 Å². The topological polar surface area (TPSA) is 73.6 Å². The van der Waals surface area contributed by atoms with E-state index in [4.69, 9.17) is 15.2 Å². The fourth-order valence-electron chi connectivity index (χ4n) is 1.79.